The maximum Gasteiger partial charge on any atom is 0.196 e. The molecule has 4 aliphatic carbocycles. The highest BCUT2D eigenvalue weighted by Crippen LogP contribution is 2.72. The third kappa shape index (κ3) is 2.57. The standard InChI is InChI=1S/C24H29ClF2O6/c1-20(2)32-19-7-11-12-5-15(26)13-6-16(29)14(25)8-21(13,3)23(12,27)17(30)9-22(11,4)24(19,33-20)18(31)10-28/h6,8,11-12,15,17,19,28,30H,5,7,9-10H2,1-4H3/t11-,12-,15-,17-,19+,21-,22-,23-,24+/m0/s1. The van der Waals surface area contributed by atoms with Crippen LogP contribution < -0.4 is 0 Å². The summed E-state index contributed by atoms with van der Waals surface area (Å²) in [5, 5.41) is 21.0. The van der Waals surface area contributed by atoms with Crippen LogP contribution in [-0.2, 0) is 19.1 Å². The molecule has 0 aromatic rings. The van der Waals surface area contributed by atoms with Crippen LogP contribution in [0.15, 0.2) is 22.8 Å². The Morgan fingerprint density at radius 1 is 1.24 bits per heavy atom. The van der Waals surface area contributed by atoms with Gasteiger partial charge in [-0.25, -0.2) is 8.78 Å². The Labute approximate surface area is 195 Å². The third-order valence-electron chi connectivity index (χ3n) is 9.24. The van der Waals surface area contributed by atoms with Crippen LogP contribution in [0.1, 0.15) is 47.0 Å². The summed E-state index contributed by atoms with van der Waals surface area (Å²) in [5.41, 5.74) is -6.68. The maximum atomic E-state index is 17.3. The molecule has 0 aromatic heterocycles. The number of carbonyl (C=O) groups excluding carboxylic acids is 2. The van der Waals surface area contributed by atoms with Gasteiger partial charge in [0, 0.05) is 16.7 Å². The molecule has 0 bridgehead atoms. The minimum Gasteiger partial charge on any atom is -0.390 e. The van der Waals surface area contributed by atoms with Crippen LogP contribution in [0.4, 0.5) is 8.78 Å². The van der Waals surface area contributed by atoms with E-state index in [0.29, 0.717) is 0 Å². The molecule has 3 saturated carbocycles. The normalized spacial score (nSPS) is 52.3. The Hall–Kier alpha value is -1.19. The molecule has 0 spiro atoms. The van der Waals surface area contributed by atoms with E-state index in [-0.39, 0.29) is 29.9 Å². The number of hydrogen-bond acceptors (Lipinski definition) is 6. The van der Waals surface area contributed by atoms with Gasteiger partial charge in [0.05, 0.1) is 17.2 Å². The van der Waals surface area contributed by atoms with E-state index < -0.39 is 76.3 Å². The summed E-state index contributed by atoms with van der Waals surface area (Å²) in [6.07, 6.45) is -1.91. The summed E-state index contributed by atoms with van der Waals surface area (Å²) in [4.78, 5) is 25.3. The first-order valence-electron chi connectivity index (χ1n) is 11.4. The summed E-state index contributed by atoms with van der Waals surface area (Å²) < 4.78 is 45.0. The summed E-state index contributed by atoms with van der Waals surface area (Å²) in [6.45, 7) is 5.75. The van der Waals surface area contributed by atoms with Gasteiger partial charge in [0.25, 0.3) is 0 Å². The van der Waals surface area contributed by atoms with Crippen molar-refractivity contribution in [2.45, 2.75) is 82.4 Å². The first kappa shape index (κ1) is 23.5. The van der Waals surface area contributed by atoms with Crippen LogP contribution in [-0.4, -0.2) is 63.8 Å². The molecule has 1 aliphatic heterocycles. The molecule has 182 valence electrons. The van der Waals surface area contributed by atoms with Crippen LogP contribution in [0.3, 0.4) is 0 Å². The van der Waals surface area contributed by atoms with E-state index in [1.807, 2.05) is 0 Å². The second kappa shape index (κ2) is 6.72. The summed E-state index contributed by atoms with van der Waals surface area (Å²) >= 11 is 6.08. The molecule has 6 nitrogen and oxygen atoms in total. The topological polar surface area (TPSA) is 93.1 Å². The summed E-state index contributed by atoms with van der Waals surface area (Å²) in [7, 11) is 0. The zero-order chi connectivity index (χ0) is 24.4. The average molecular weight is 487 g/mol. The van der Waals surface area contributed by atoms with Gasteiger partial charge in [-0.1, -0.05) is 18.5 Å². The lowest BCUT2D eigenvalue weighted by Gasteiger charge is -2.63. The zero-order valence-corrected chi connectivity index (χ0v) is 19.8. The number of fused-ring (bicyclic) bond motifs is 7. The molecule has 0 aromatic carbocycles. The fourth-order valence-corrected chi connectivity index (χ4v) is 8.25. The highest BCUT2D eigenvalue weighted by molar-refractivity contribution is 6.44. The molecule has 1 heterocycles. The Morgan fingerprint density at radius 3 is 2.55 bits per heavy atom. The number of halogens is 3. The predicted octanol–water partition coefficient (Wildman–Crippen LogP) is 2.93. The second-order valence-corrected chi connectivity index (χ2v) is 11.5. The van der Waals surface area contributed by atoms with Gasteiger partial charge in [-0.15, -0.1) is 0 Å². The number of allylic oxidation sites excluding steroid dienone is 4. The molecule has 4 fully saturated rings. The first-order valence-corrected chi connectivity index (χ1v) is 11.7. The maximum absolute atomic E-state index is 17.3. The SMILES string of the molecule is CC1(C)O[C@@H]2C[C@H]3[C@@H]4C[C@H](F)C5=CC(=O)C(Cl)=C[C@]5(C)[C@@]4(F)[C@@H](O)C[C@]3(C)[C@]2(C(=O)CO)O1. The molecule has 2 N–H and O–H groups in total. The van der Waals surface area contributed by atoms with E-state index >= 15 is 8.78 Å². The number of ketones is 2. The number of rotatable bonds is 2. The number of carbonyl (C=O) groups is 2. The van der Waals surface area contributed by atoms with Gasteiger partial charge in [0.15, 0.2) is 28.6 Å². The number of ether oxygens (including phenoxy) is 2. The van der Waals surface area contributed by atoms with Crippen LogP contribution in [0.5, 0.6) is 0 Å². The number of alkyl halides is 2. The fraction of sp³-hybridized carbons (Fsp3) is 0.750. The molecular formula is C24H29ClF2O6. The van der Waals surface area contributed by atoms with Crippen molar-refractivity contribution in [2.24, 2.45) is 22.7 Å². The van der Waals surface area contributed by atoms with Gasteiger partial charge >= 0.3 is 0 Å². The van der Waals surface area contributed by atoms with Crippen molar-refractivity contribution in [2.75, 3.05) is 6.61 Å². The number of aliphatic hydroxyl groups is 2. The number of Topliss-reactive ketones (excluding diaryl/α,β-unsaturated/α-hetero) is 1. The van der Waals surface area contributed by atoms with Crippen molar-refractivity contribution >= 4 is 23.2 Å². The van der Waals surface area contributed by atoms with E-state index in [0.717, 1.165) is 6.08 Å². The van der Waals surface area contributed by atoms with Gasteiger partial charge in [-0.05, 0) is 63.7 Å². The highest BCUT2D eigenvalue weighted by Gasteiger charge is 2.80. The molecule has 1 saturated heterocycles. The number of hydrogen-bond donors (Lipinski definition) is 2. The van der Waals surface area contributed by atoms with Crippen LogP contribution in [0.25, 0.3) is 0 Å². The molecule has 9 heteroatoms. The molecular weight excluding hydrogens is 458 g/mol. The van der Waals surface area contributed by atoms with Crippen molar-refractivity contribution in [3.05, 3.63) is 22.8 Å². The van der Waals surface area contributed by atoms with Crippen LogP contribution in [0.2, 0.25) is 0 Å². The predicted molar refractivity (Wildman–Crippen MR) is 114 cm³/mol. The lowest BCUT2D eigenvalue weighted by Crippen LogP contribution is -2.71. The molecule has 0 unspecified atom stereocenters. The first-order chi connectivity index (χ1) is 15.2. The molecule has 9 atom stereocenters. The minimum absolute atomic E-state index is 0.0220. The largest absolute Gasteiger partial charge is 0.390 e. The van der Waals surface area contributed by atoms with E-state index in [9.17, 15) is 19.8 Å². The van der Waals surface area contributed by atoms with Crippen molar-refractivity contribution in [1.82, 2.24) is 0 Å². The third-order valence-corrected chi connectivity index (χ3v) is 9.53. The van der Waals surface area contributed by atoms with Gasteiger partial charge in [-0.2, -0.15) is 0 Å². The Bertz CT molecular complexity index is 1010. The van der Waals surface area contributed by atoms with Gasteiger partial charge in [-0.3, -0.25) is 9.59 Å². The Kier molecular flexibility index (Phi) is 4.80. The Balaban J connectivity index is 1.67. The van der Waals surface area contributed by atoms with Crippen molar-refractivity contribution in [3.8, 4) is 0 Å². The highest BCUT2D eigenvalue weighted by atomic mass is 35.5. The van der Waals surface area contributed by atoms with Crippen LogP contribution >= 0.6 is 11.6 Å². The van der Waals surface area contributed by atoms with Gasteiger partial charge in [0.2, 0.25) is 0 Å². The fourth-order valence-electron chi connectivity index (χ4n) is 7.97. The zero-order valence-electron chi connectivity index (χ0n) is 19.0. The molecule has 0 radical (unpaired) electrons. The Morgan fingerprint density at radius 2 is 1.91 bits per heavy atom. The number of aliphatic hydroxyl groups excluding tert-OH is 2. The second-order valence-electron chi connectivity index (χ2n) is 11.1. The van der Waals surface area contributed by atoms with E-state index in [1.54, 1.807) is 20.8 Å². The molecule has 5 rings (SSSR count). The van der Waals surface area contributed by atoms with E-state index in [4.69, 9.17) is 21.1 Å². The molecule has 33 heavy (non-hydrogen) atoms. The smallest absolute Gasteiger partial charge is 0.196 e. The van der Waals surface area contributed by atoms with Crippen molar-refractivity contribution in [3.63, 3.8) is 0 Å². The van der Waals surface area contributed by atoms with E-state index in [2.05, 4.69) is 0 Å². The average Bonchev–Trinajstić information content (AvgIpc) is 3.12. The molecule has 0 amide bonds. The van der Waals surface area contributed by atoms with Crippen LogP contribution in [0, 0.1) is 22.7 Å². The monoisotopic (exact) mass is 486 g/mol. The lowest BCUT2D eigenvalue weighted by atomic mass is 9.44. The summed E-state index contributed by atoms with van der Waals surface area (Å²) in [5.74, 6) is -3.87. The minimum atomic E-state index is -2.33. The lowest BCUT2D eigenvalue weighted by molar-refractivity contribution is -0.248. The van der Waals surface area contributed by atoms with Crippen molar-refractivity contribution < 1.29 is 38.1 Å². The van der Waals surface area contributed by atoms with Gasteiger partial charge < -0.3 is 19.7 Å². The quantitative estimate of drug-likeness (QED) is 0.623. The van der Waals surface area contributed by atoms with E-state index in [1.165, 1.54) is 13.0 Å². The van der Waals surface area contributed by atoms with Crippen molar-refractivity contribution in [1.29, 1.82) is 0 Å². The summed E-state index contributed by atoms with van der Waals surface area (Å²) in [6, 6.07) is 0. The molecule has 5 aliphatic rings. The van der Waals surface area contributed by atoms with Gasteiger partial charge in [0.1, 0.15) is 12.8 Å².